The maximum atomic E-state index is 12.4. The topological polar surface area (TPSA) is 112 Å². The van der Waals surface area contributed by atoms with Crippen molar-refractivity contribution < 1.29 is 9.53 Å². The number of aromatic nitrogens is 5. The summed E-state index contributed by atoms with van der Waals surface area (Å²) in [5, 5.41) is 2.59. The number of hydrogen-bond acceptors (Lipinski definition) is 7. The van der Waals surface area contributed by atoms with E-state index in [4.69, 9.17) is 4.74 Å². The van der Waals surface area contributed by atoms with Crippen molar-refractivity contribution in [2.75, 3.05) is 5.32 Å². The summed E-state index contributed by atoms with van der Waals surface area (Å²) in [6.45, 7) is 1.69. The summed E-state index contributed by atoms with van der Waals surface area (Å²) >= 11 is 0. The van der Waals surface area contributed by atoms with Crippen LogP contribution in [0, 0.1) is 6.92 Å². The summed E-state index contributed by atoms with van der Waals surface area (Å²) in [4.78, 5) is 41.2. The number of aryl methyl sites for hydroxylation is 1. The molecule has 0 saturated carbocycles. The highest BCUT2D eigenvalue weighted by Crippen LogP contribution is 2.25. The van der Waals surface area contributed by atoms with E-state index in [2.05, 4.69) is 25.3 Å². The maximum absolute atomic E-state index is 12.4. The lowest BCUT2D eigenvalue weighted by atomic mass is 10.2. The first-order valence-electron chi connectivity index (χ1n) is 9.35. The van der Waals surface area contributed by atoms with Gasteiger partial charge in [0, 0.05) is 43.5 Å². The van der Waals surface area contributed by atoms with Crippen LogP contribution in [0.15, 0.2) is 72.2 Å². The van der Waals surface area contributed by atoms with Crippen molar-refractivity contribution in [2.24, 2.45) is 7.05 Å². The molecule has 9 nitrogen and oxygen atoms in total. The third kappa shape index (κ3) is 4.45. The van der Waals surface area contributed by atoms with Crippen molar-refractivity contribution in [3.05, 3.63) is 89.1 Å². The molecule has 4 rings (SSSR count). The predicted molar refractivity (Wildman–Crippen MR) is 114 cm³/mol. The van der Waals surface area contributed by atoms with Crippen LogP contribution in [0.25, 0.3) is 11.3 Å². The molecule has 0 atom stereocenters. The Balaban J connectivity index is 1.46. The molecule has 4 aromatic heterocycles. The Hall–Kier alpha value is -4.40. The summed E-state index contributed by atoms with van der Waals surface area (Å²) in [6.07, 6.45) is 7.79. The normalized spacial score (nSPS) is 10.5. The summed E-state index contributed by atoms with van der Waals surface area (Å²) in [5.74, 6) is 1.30. The lowest BCUT2D eigenvalue weighted by molar-refractivity contribution is 0.102. The van der Waals surface area contributed by atoms with E-state index in [0.29, 0.717) is 17.3 Å². The number of carbonyl (C=O) groups is 1. The molecule has 0 aromatic carbocycles. The van der Waals surface area contributed by atoms with Gasteiger partial charge in [-0.3, -0.25) is 24.1 Å². The van der Waals surface area contributed by atoms with Crippen molar-refractivity contribution in [2.45, 2.75) is 6.92 Å². The number of amides is 1. The number of nitrogens with one attached hydrogen (secondary N) is 1. The largest absolute Gasteiger partial charge is 0.456 e. The molecule has 4 heterocycles. The van der Waals surface area contributed by atoms with Crippen LogP contribution < -0.4 is 15.6 Å². The van der Waals surface area contributed by atoms with Crippen LogP contribution in [-0.4, -0.2) is 30.4 Å². The van der Waals surface area contributed by atoms with Crippen LogP contribution in [0.1, 0.15) is 16.2 Å². The van der Waals surface area contributed by atoms with E-state index in [1.807, 2.05) is 18.2 Å². The zero-order chi connectivity index (χ0) is 21.8. The van der Waals surface area contributed by atoms with Gasteiger partial charge in [-0.15, -0.1) is 0 Å². The van der Waals surface area contributed by atoms with Crippen molar-refractivity contribution >= 4 is 11.7 Å². The van der Waals surface area contributed by atoms with E-state index in [-0.39, 0.29) is 11.4 Å². The van der Waals surface area contributed by atoms with Gasteiger partial charge in [-0.1, -0.05) is 0 Å². The molecule has 0 unspecified atom stereocenters. The van der Waals surface area contributed by atoms with Crippen LogP contribution in [0.2, 0.25) is 0 Å². The second-order valence-corrected chi connectivity index (χ2v) is 6.63. The van der Waals surface area contributed by atoms with Crippen LogP contribution in [0.5, 0.6) is 11.5 Å². The van der Waals surface area contributed by atoms with E-state index < -0.39 is 11.5 Å². The molecule has 1 N–H and O–H groups in total. The molecule has 9 heteroatoms. The first-order valence-corrected chi connectivity index (χ1v) is 9.35. The Labute approximate surface area is 177 Å². The molecule has 0 saturated heterocycles. The Bertz CT molecular complexity index is 1290. The zero-order valence-corrected chi connectivity index (χ0v) is 16.8. The van der Waals surface area contributed by atoms with Crippen molar-refractivity contribution in [1.82, 2.24) is 24.5 Å². The first kappa shape index (κ1) is 19.9. The van der Waals surface area contributed by atoms with Gasteiger partial charge >= 0.3 is 0 Å². The molecule has 4 aromatic rings. The minimum atomic E-state index is -0.578. The summed E-state index contributed by atoms with van der Waals surface area (Å²) < 4.78 is 7.15. The molecule has 154 valence electrons. The average molecular weight is 414 g/mol. The number of nitrogens with zero attached hydrogens (tertiary/aromatic N) is 5. The minimum Gasteiger partial charge on any atom is -0.456 e. The fourth-order valence-corrected chi connectivity index (χ4v) is 2.77. The van der Waals surface area contributed by atoms with Gasteiger partial charge in [0.05, 0.1) is 11.9 Å². The quantitative estimate of drug-likeness (QED) is 0.534. The maximum Gasteiger partial charge on any atom is 0.266 e. The summed E-state index contributed by atoms with van der Waals surface area (Å²) in [7, 11) is 1.56. The average Bonchev–Trinajstić information content (AvgIpc) is 2.79. The summed E-state index contributed by atoms with van der Waals surface area (Å²) in [5.41, 5.74) is 1.20. The molecule has 0 radical (unpaired) electrons. The number of carbonyl (C=O) groups excluding carboxylic acids is 1. The van der Waals surface area contributed by atoms with Crippen LogP contribution in [0.3, 0.4) is 0 Å². The van der Waals surface area contributed by atoms with Gasteiger partial charge in [-0.05, 0) is 37.3 Å². The van der Waals surface area contributed by atoms with Gasteiger partial charge in [0.2, 0.25) is 0 Å². The third-order valence-electron chi connectivity index (χ3n) is 4.57. The van der Waals surface area contributed by atoms with Gasteiger partial charge in [-0.25, -0.2) is 9.97 Å². The number of pyridine rings is 3. The number of hydrogen-bond donors (Lipinski definition) is 1. The smallest absolute Gasteiger partial charge is 0.266 e. The lowest BCUT2D eigenvalue weighted by Crippen LogP contribution is -2.29. The molecule has 0 fully saturated rings. The van der Waals surface area contributed by atoms with Gasteiger partial charge in [0.25, 0.3) is 11.5 Å². The van der Waals surface area contributed by atoms with Gasteiger partial charge in [0.1, 0.15) is 28.7 Å². The van der Waals surface area contributed by atoms with Gasteiger partial charge < -0.3 is 10.1 Å². The monoisotopic (exact) mass is 414 g/mol. The fraction of sp³-hybridized carbons (Fsp3) is 0.0909. The molecule has 0 spiro atoms. The van der Waals surface area contributed by atoms with Gasteiger partial charge in [0.15, 0.2) is 0 Å². The molecular weight excluding hydrogens is 396 g/mol. The molecule has 0 aliphatic rings. The minimum absolute atomic E-state index is 0.0596. The van der Waals surface area contributed by atoms with E-state index in [9.17, 15) is 9.59 Å². The standard InChI is InChI=1S/C22H18N6O3/c1-14-25-13-18(22(30)28(14)2)21(29)27-20-4-3-17(12-26-20)31-16-7-10-24-19(11-16)15-5-8-23-9-6-15/h3-13H,1-2H3,(H,26,27,29). The Morgan fingerprint density at radius 2 is 1.77 bits per heavy atom. The van der Waals surface area contributed by atoms with Crippen molar-refractivity contribution in [3.8, 4) is 22.8 Å². The number of anilines is 1. The molecule has 0 aliphatic heterocycles. The lowest BCUT2D eigenvalue weighted by Gasteiger charge is -2.09. The second-order valence-electron chi connectivity index (χ2n) is 6.63. The molecule has 1 amide bonds. The van der Waals surface area contributed by atoms with Crippen LogP contribution >= 0.6 is 0 Å². The zero-order valence-electron chi connectivity index (χ0n) is 16.8. The van der Waals surface area contributed by atoms with Crippen molar-refractivity contribution in [3.63, 3.8) is 0 Å². The second kappa shape index (κ2) is 8.54. The first-order chi connectivity index (χ1) is 15.0. The highest BCUT2D eigenvalue weighted by Gasteiger charge is 2.14. The van der Waals surface area contributed by atoms with E-state index in [1.165, 1.54) is 17.0 Å². The molecule has 0 bridgehead atoms. The Morgan fingerprint density at radius 1 is 0.968 bits per heavy atom. The van der Waals surface area contributed by atoms with E-state index >= 15 is 0 Å². The van der Waals surface area contributed by atoms with E-state index in [0.717, 1.165) is 11.3 Å². The SMILES string of the molecule is Cc1ncc(C(=O)Nc2ccc(Oc3ccnc(-c4ccncc4)c3)cn2)c(=O)n1C. The number of ether oxygens (including phenoxy) is 1. The Morgan fingerprint density at radius 3 is 2.52 bits per heavy atom. The summed E-state index contributed by atoms with van der Waals surface area (Å²) in [6, 6.07) is 10.5. The third-order valence-corrected chi connectivity index (χ3v) is 4.57. The van der Waals surface area contributed by atoms with E-state index in [1.54, 1.807) is 50.8 Å². The molecule has 31 heavy (non-hydrogen) atoms. The molecular formula is C22H18N6O3. The number of rotatable bonds is 5. The highest BCUT2D eigenvalue weighted by atomic mass is 16.5. The predicted octanol–water partition coefficient (Wildman–Crippen LogP) is 2.99. The van der Waals surface area contributed by atoms with Gasteiger partial charge in [-0.2, -0.15) is 0 Å². The van der Waals surface area contributed by atoms with Crippen molar-refractivity contribution in [1.29, 1.82) is 0 Å². The fourth-order valence-electron chi connectivity index (χ4n) is 2.77. The Kier molecular flexibility index (Phi) is 5.48. The van der Waals surface area contributed by atoms with Crippen LogP contribution in [0.4, 0.5) is 5.82 Å². The molecule has 0 aliphatic carbocycles. The highest BCUT2D eigenvalue weighted by molar-refractivity contribution is 6.03. The van der Waals surface area contributed by atoms with Crippen LogP contribution in [-0.2, 0) is 7.05 Å².